The Balaban J connectivity index is 4.33. The lowest BCUT2D eigenvalue weighted by Crippen LogP contribution is -2.10. The molecule has 1 unspecified atom stereocenters. The molecule has 6 heteroatoms. The Morgan fingerprint density at radius 2 is 2.07 bits per heavy atom. The Labute approximate surface area is 95.6 Å². The van der Waals surface area contributed by atoms with E-state index in [-0.39, 0.29) is 0 Å². The van der Waals surface area contributed by atoms with Gasteiger partial charge in [-0.2, -0.15) is 0 Å². The maximum absolute atomic E-state index is 12.1. The smallest absolute Gasteiger partial charge is 0.306 e. The summed E-state index contributed by atoms with van der Waals surface area (Å²) in [6.07, 6.45) is 1.97. The number of hydrogen-bond donors (Lipinski definition) is 1. The van der Waals surface area contributed by atoms with Crippen LogP contribution in [0.5, 0.6) is 0 Å². The van der Waals surface area contributed by atoms with E-state index in [1.54, 1.807) is 0 Å². The molecule has 0 radical (unpaired) electrons. The number of rotatable bonds is 8. The van der Waals surface area contributed by atoms with E-state index in [2.05, 4.69) is 31.2 Å². The zero-order chi connectivity index (χ0) is 11.0. The fourth-order valence-electron chi connectivity index (χ4n) is 0.967. The lowest BCUT2D eigenvalue weighted by Gasteiger charge is -2.20. The van der Waals surface area contributed by atoms with Crippen LogP contribution in [0.1, 0.15) is 33.6 Å². The van der Waals surface area contributed by atoms with Crippen molar-refractivity contribution in [3.05, 3.63) is 0 Å². The summed E-state index contributed by atoms with van der Waals surface area (Å²) in [7, 11) is 0. The van der Waals surface area contributed by atoms with Crippen molar-refractivity contribution in [3.8, 4) is 0 Å². The second-order valence-corrected chi connectivity index (χ2v) is 7.41. The van der Waals surface area contributed by atoms with Gasteiger partial charge >= 0.3 is 6.72 Å². The highest BCUT2D eigenvalue weighted by molar-refractivity contribution is 8.56. The maximum Gasteiger partial charge on any atom is 0.351 e. The maximum atomic E-state index is 12.1. The minimum absolute atomic E-state index is 0.356. The second kappa shape index (κ2) is 7.69. The molecular weight excluding hydrogens is 237 g/mol. The van der Waals surface area contributed by atoms with Gasteiger partial charge in [-0.1, -0.05) is 26.1 Å². The summed E-state index contributed by atoms with van der Waals surface area (Å²) >= 11 is 6.00. The van der Waals surface area contributed by atoms with E-state index < -0.39 is 6.72 Å². The van der Waals surface area contributed by atoms with Gasteiger partial charge in [-0.3, -0.25) is 4.57 Å². The number of nitrogens with one attached hydrogen (secondary N) is 1. The third-order valence-corrected chi connectivity index (χ3v) is 6.65. The van der Waals surface area contributed by atoms with Crippen LogP contribution in [0.4, 0.5) is 0 Å². The van der Waals surface area contributed by atoms with E-state index in [0.717, 1.165) is 12.8 Å². The van der Waals surface area contributed by atoms with Crippen LogP contribution >= 0.6 is 30.3 Å². The highest BCUT2D eigenvalue weighted by atomic mass is 32.7. The first-order valence-electron chi connectivity index (χ1n) is 4.76. The first-order chi connectivity index (χ1) is 6.61. The molecule has 0 saturated carbocycles. The fourth-order valence-corrected chi connectivity index (χ4v) is 5.85. The monoisotopic (exact) mass is 255 g/mol. The van der Waals surface area contributed by atoms with Gasteiger partial charge in [-0.15, -0.1) is 0 Å². The first kappa shape index (κ1) is 14.4. The molecule has 0 amide bonds. The minimum Gasteiger partial charge on any atom is -0.306 e. The van der Waals surface area contributed by atoms with Crippen molar-refractivity contribution in [1.29, 1.82) is 0 Å². The Kier molecular flexibility index (Phi) is 7.92. The molecule has 0 spiro atoms. The molecule has 0 aromatic rings. The van der Waals surface area contributed by atoms with Gasteiger partial charge < -0.3 is 9.61 Å². The summed E-state index contributed by atoms with van der Waals surface area (Å²) in [5.74, 6) is 0. The summed E-state index contributed by atoms with van der Waals surface area (Å²) in [4.78, 5) is 0. The van der Waals surface area contributed by atoms with E-state index in [1.807, 2.05) is 6.92 Å². The molecule has 1 atom stereocenters. The largest absolute Gasteiger partial charge is 0.351 e. The van der Waals surface area contributed by atoms with Crippen LogP contribution in [-0.4, -0.2) is 17.3 Å². The van der Waals surface area contributed by atoms with Crippen LogP contribution in [0, 0.1) is 0 Å². The molecule has 0 saturated heterocycles. The minimum atomic E-state index is -2.80. The zero-order valence-electron chi connectivity index (χ0n) is 8.86. The molecule has 0 aliphatic heterocycles. The van der Waals surface area contributed by atoms with Crippen molar-refractivity contribution < 1.29 is 9.09 Å². The van der Waals surface area contributed by atoms with E-state index in [9.17, 15) is 4.57 Å². The van der Waals surface area contributed by atoms with Gasteiger partial charge in [0, 0.05) is 5.25 Å². The van der Waals surface area contributed by atoms with Crippen LogP contribution in [0.25, 0.3) is 0 Å². The van der Waals surface area contributed by atoms with Crippen molar-refractivity contribution in [2.24, 2.45) is 0 Å². The van der Waals surface area contributed by atoms with Crippen LogP contribution in [-0.2, 0) is 9.09 Å². The highest BCUT2D eigenvalue weighted by Crippen LogP contribution is 2.58. The molecule has 0 rings (SSSR count). The molecule has 1 N–H and O–H groups in total. The summed E-state index contributed by atoms with van der Waals surface area (Å²) in [6, 6.07) is 0. The Bertz CT molecular complexity index is 210. The summed E-state index contributed by atoms with van der Waals surface area (Å²) in [5, 5.41) is 3.00. The molecule has 0 fully saturated rings. The van der Waals surface area contributed by atoms with E-state index in [0.29, 0.717) is 11.9 Å². The topological polar surface area (TPSA) is 38.3 Å². The second-order valence-electron chi connectivity index (χ2n) is 2.71. The Morgan fingerprint density at radius 3 is 2.43 bits per heavy atom. The molecule has 84 valence electrons. The molecule has 0 aliphatic carbocycles. The average molecular weight is 255 g/mol. The summed E-state index contributed by atoms with van der Waals surface area (Å²) < 4.78 is 17.3. The molecule has 14 heavy (non-hydrogen) atoms. The Hall–Kier alpha value is 0.430. The van der Waals surface area contributed by atoms with Gasteiger partial charge in [0.1, 0.15) is 0 Å². The van der Waals surface area contributed by atoms with Gasteiger partial charge in [0.2, 0.25) is 0 Å². The standard InChI is InChI=1S/C8H18NO2PS2/c1-4-8(5-2)14-12(10,9-7-13)11-6-3/h7-8H,4-6H2,1-3H3,(H,9,10,13). The van der Waals surface area contributed by atoms with Crippen LogP contribution in [0.15, 0.2) is 0 Å². The lowest BCUT2D eigenvalue weighted by atomic mass is 10.3. The summed E-state index contributed by atoms with van der Waals surface area (Å²) in [6.45, 7) is 3.61. The third-order valence-electron chi connectivity index (χ3n) is 1.71. The van der Waals surface area contributed by atoms with E-state index in [1.165, 1.54) is 16.9 Å². The SMILES string of the molecule is CCOP(=O)(NC=S)SC(CC)CC. The zero-order valence-corrected chi connectivity index (χ0v) is 11.4. The van der Waals surface area contributed by atoms with Crippen molar-refractivity contribution >= 4 is 35.8 Å². The van der Waals surface area contributed by atoms with Crippen LogP contribution < -0.4 is 5.09 Å². The molecule has 0 aromatic carbocycles. The highest BCUT2D eigenvalue weighted by Gasteiger charge is 2.25. The van der Waals surface area contributed by atoms with Crippen LogP contribution in [0.2, 0.25) is 0 Å². The number of hydrogen-bond acceptors (Lipinski definition) is 4. The summed E-state index contributed by atoms with van der Waals surface area (Å²) in [5.41, 5.74) is 1.27. The van der Waals surface area contributed by atoms with Gasteiger partial charge in [-0.25, -0.2) is 0 Å². The van der Waals surface area contributed by atoms with Gasteiger partial charge in [0.05, 0.1) is 12.1 Å². The fraction of sp³-hybridized carbons (Fsp3) is 0.875. The third kappa shape index (κ3) is 5.35. The quantitative estimate of drug-likeness (QED) is 0.530. The van der Waals surface area contributed by atoms with Crippen LogP contribution in [0.3, 0.4) is 0 Å². The van der Waals surface area contributed by atoms with Crippen molar-refractivity contribution in [2.75, 3.05) is 6.61 Å². The lowest BCUT2D eigenvalue weighted by molar-refractivity contribution is 0.343. The molecule has 0 aromatic heterocycles. The molecule has 0 heterocycles. The van der Waals surface area contributed by atoms with Crippen molar-refractivity contribution in [3.63, 3.8) is 0 Å². The molecule has 0 aliphatic rings. The van der Waals surface area contributed by atoms with Gasteiger partial charge in [0.15, 0.2) is 0 Å². The van der Waals surface area contributed by atoms with Gasteiger partial charge in [0.25, 0.3) is 0 Å². The predicted octanol–water partition coefficient (Wildman–Crippen LogP) is 3.60. The van der Waals surface area contributed by atoms with Crippen molar-refractivity contribution in [1.82, 2.24) is 5.09 Å². The molecule has 0 bridgehead atoms. The van der Waals surface area contributed by atoms with Crippen molar-refractivity contribution in [2.45, 2.75) is 38.9 Å². The average Bonchev–Trinajstić information content (AvgIpc) is 2.15. The van der Waals surface area contributed by atoms with Gasteiger partial charge in [-0.05, 0) is 31.1 Å². The molecular formula is C8H18NO2PS2. The first-order valence-corrected chi connectivity index (χ1v) is 8.34. The molecule has 3 nitrogen and oxygen atoms in total. The Morgan fingerprint density at radius 1 is 1.50 bits per heavy atom. The van der Waals surface area contributed by atoms with E-state index in [4.69, 9.17) is 4.52 Å². The normalized spacial score (nSPS) is 15.1. The van der Waals surface area contributed by atoms with E-state index >= 15 is 0 Å². The number of thiocarbonyl (C=S) groups is 1. The predicted molar refractivity (Wildman–Crippen MR) is 68.0 cm³/mol.